The molecule has 3 aromatic rings. The Kier molecular flexibility index (Phi) is 5.16. The van der Waals surface area contributed by atoms with Crippen LogP contribution in [0.1, 0.15) is 5.69 Å². The number of carbonyl (C=O) groups is 1. The van der Waals surface area contributed by atoms with Gasteiger partial charge in [0.25, 0.3) is 0 Å². The van der Waals surface area contributed by atoms with Crippen molar-refractivity contribution in [2.75, 3.05) is 11.1 Å². The van der Waals surface area contributed by atoms with E-state index in [0.29, 0.717) is 28.3 Å². The van der Waals surface area contributed by atoms with Gasteiger partial charge in [0.15, 0.2) is 0 Å². The lowest BCUT2D eigenvalue weighted by molar-refractivity contribution is -0.189. The molecule has 144 valence electrons. The Morgan fingerprint density at radius 3 is 2.39 bits per heavy atom. The molecule has 0 saturated carbocycles. The van der Waals surface area contributed by atoms with Crippen LogP contribution in [0, 0.1) is 6.92 Å². The molecular weight excluding hydrogens is 373 g/mol. The molecule has 0 fully saturated rings. The molecule has 1 aromatic heterocycles. The number of hydrogen-bond acceptors (Lipinski definition) is 6. The summed E-state index contributed by atoms with van der Waals surface area (Å²) >= 11 is 0. The number of benzene rings is 2. The number of nitrogen functional groups attached to an aromatic ring is 1. The van der Waals surface area contributed by atoms with Gasteiger partial charge >= 0.3 is 12.1 Å². The molecule has 1 heterocycles. The number of alkyl halides is 3. The minimum atomic E-state index is -5.06. The van der Waals surface area contributed by atoms with Crippen molar-refractivity contribution in [3.63, 3.8) is 0 Å². The van der Waals surface area contributed by atoms with Crippen LogP contribution in [0.3, 0.4) is 0 Å². The Labute approximate surface area is 158 Å². The Bertz CT molecular complexity index is 1000. The third-order valence-corrected chi connectivity index (χ3v) is 3.62. The third-order valence-electron chi connectivity index (χ3n) is 3.62. The highest BCUT2D eigenvalue weighted by Crippen LogP contribution is 2.28. The fourth-order valence-electron chi connectivity index (χ4n) is 2.48. The molecule has 0 bridgehead atoms. The van der Waals surface area contributed by atoms with Gasteiger partial charge in [-0.25, -0.2) is 9.78 Å². The first-order valence-electron chi connectivity index (χ1n) is 8.08. The monoisotopic (exact) mass is 388 g/mol. The molecule has 6 nitrogen and oxygen atoms in total. The number of nitrogens with one attached hydrogen (secondary N) is 1. The van der Waals surface area contributed by atoms with Crippen LogP contribution in [0.15, 0.2) is 54.6 Å². The first kappa shape index (κ1) is 19.2. The number of esters is 1. The van der Waals surface area contributed by atoms with Gasteiger partial charge in [0.05, 0.1) is 0 Å². The Morgan fingerprint density at radius 2 is 1.71 bits per heavy atom. The molecule has 0 aliphatic rings. The van der Waals surface area contributed by atoms with Gasteiger partial charge < -0.3 is 15.8 Å². The number of carbonyl (C=O) groups excluding carboxylic acids is 1. The van der Waals surface area contributed by atoms with E-state index in [1.807, 2.05) is 0 Å². The second-order valence-corrected chi connectivity index (χ2v) is 5.87. The average molecular weight is 388 g/mol. The molecule has 0 unspecified atom stereocenters. The van der Waals surface area contributed by atoms with E-state index in [9.17, 15) is 18.0 Å². The van der Waals surface area contributed by atoms with Crippen LogP contribution in [0.5, 0.6) is 5.75 Å². The minimum absolute atomic E-state index is 0.137. The van der Waals surface area contributed by atoms with E-state index >= 15 is 0 Å². The van der Waals surface area contributed by atoms with Crippen LogP contribution < -0.4 is 15.8 Å². The van der Waals surface area contributed by atoms with Gasteiger partial charge in [0.1, 0.15) is 11.6 Å². The Balaban J connectivity index is 1.84. The number of aromatic nitrogens is 2. The van der Waals surface area contributed by atoms with Crippen LogP contribution in [0.25, 0.3) is 11.1 Å². The van der Waals surface area contributed by atoms with Crippen LogP contribution in [0.4, 0.5) is 30.6 Å². The predicted molar refractivity (Wildman–Crippen MR) is 98.0 cm³/mol. The van der Waals surface area contributed by atoms with Gasteiger partial charge in [-0.3, -0.25) is 0 Å². The van der Waals surface area contributed by atoms with Crippen molar-refractivity contribution < 1.29 is 22.7 Å². The summed E-state index contributed by atoms with van der Waals surface area (Å²) in [5.74, 6) is -1.82. The van der Waals surface area contributed by atoms with E-state index in [2.05, 4.69) is 20.0 Å². The zero-order chi connectivity index (χ0) is 20.3. The van der Waals surface area contributed by atoms with Gasteiger partial charge in [-0.2, -0.15) is 18.2 Å². The summed E-state index contributed by atoms with van der Waals surface area (Å²) in [4.78, 5) is 19.1. The lowest BCUT2D eigenvalue weighted by Crippen LogP contribution is -2.27. The smallest absolute Gasteiger partial charge is 0.420 e. The summed E-state index contributed by atoms with van der Waals surface area (Å²) in [5.41, 5.74) is 8.31. The summed E-state index contributed by atoms with van der Waals surface area (Å²) in [7, 11) is 0. The van der Waals surface area contributed by atoms with Gasteiger partial charge in [0, 0.05) is 17.4 Å². The van der Waals surface area contributed by atoms with Crippen molar-refractivity contribution in [2.24, 2.45) is 0 Å². The van der Waals surface area contributed by atoms with Gasteiger partial charge in [-0.1, -0.05) is 24.3 Å². The summed E-state index contributed by atoms with van der Waals surface area (Å²) < 4.78 is 41.5. The zero-order valence-electron chi connectivity index (χ0n) is 14.6. The molecular formula is C19H15F3N4O2. The number of nitrogens with zero attached hydrogens (tertiary/aromatic N) is 2. The molecule has 0 saturated heterocycles. The molecule has 2 aromatic carbocycles. The zero-order valence-corrected chi connectivity index (χ0v) is 14.6. The number of nitrogens with two attached hydrogens (primary N) is 1. The number of halogens is 3. The third kappa shape index (κ3) is 4.76. The lowest BCUT2D eigenvalue weighted by atomic mass is 10.0. The highest BCUT2D eigenvalue weighted by molar-refractivity contribution is 5.79. The molecule has 0 radical (unpaired) electrons. The van der Waals surface area contributed by atoms with Crippen LogP contribution in [0.2, 0.25) is 0 Å². The number of aryl methyl sites for hydroxylation is 1. The van der Waals surface area contributed by atoms with E-state index in [1.165, 1.54) is 18.2 Å². The first-order chi connectivity index (χ1) is 13.2. The summed E-state index contributed by atoms with van der Waals surface area (Å²) in [5, 5.41) is 3.10. The van der Waals surface area contributed by atoms with Gasteiger partial charge in [-0.05, 0) is 42.3 Å². The minimum Gasteiger partial charge on any atom is -0.420 e. The highest BCUT2D eigenvalue weighted by atomic mass is 19.4. The van der Waals surface area contributed by atoms with Crippen molar-refractivity contribution in [1.82, 2.24) is 9.97 Å². The maximum atomic E-state index is 12.4. The molecule has 0 atom stereocenters. The Morgan fingerprint density at radius 1 is 1.04 bits per heavy atom. The fraction of sp³-hybridized carbons (Fsp3) is 0.105. The normalized spacial score (nSPS) is 11.1. The Hall–Kier alpha value is -3.62. The van der Waals surface area contributed by atoms with Crippen molar-refractivity contribution in [3.8, 4) is 16.9 Å². The second-order valence-electron chi connectivity index (χ2n) is 5.87. The average Bonchev–Trinajstić information content (AvgIpc) is 2.60. The van der Waals surface area contributed by atoms with E-state index in [0.717, 1.165) is 0 Å². The van der Waals surface area contributed by atoms with Gasteiger partial charge in [-0.15, -0.1) is 0 Å². The fourth-order valence-corrected chi connectivity index (χ4v) is 2.48. The van der Waals surface area contributed by atoms with E-state index < -0.39 is 12.1 Å². The van der Waals surface area contributed by atoms with Crippen molar-refractivity contribution in [1.29, 1.82) is 0 Å². The molecule has 3 N–H and O–H groups in total. The highest BCUT2D eigenvalue weighted by Gasteiger charge is 2.41. The molecule has 0 aliphatic heterocycles. The quantitative estimate of drug-likeness (QED) is 0.513. The van der Waals surface area contributed by atoms with E-state index in [4.69, 9.17) is 5.73 Å². The number of rotatable bonds is 4. The van der Waals surface area contributed by atoms with Gasteiger partial charge in [0.2, 0.25) is 5.95 Å². The van der Waals surface area contributed by atoms with E-state index in [1.54, 1.807) is 43.3 Å². The molecule has 0 aliphatic carbocycles. The second kappa shape index (κ2) is 7.55. The standard InChI is InChI=1S/C19H15F3N4O2/c1-11-8-16(26-18(23)24-11)25-14-6-2-4-12(9-14)13-5-3-7-15(10-13)28-17(27)19(20,21)22/h2-10H,1H3,(H3,23,24,25,26). The number of anilines is 3. The maximum absolute atomic E-state index is 12.4. The predicted octanol–water partition coefficient (Wildman–Crippen LogP) is 4.25. The summed E-state index contributed by atoms with van der Waals surface area (Å²) in [6, 6.07) is 14.7. The largest absolute Gasteiger partial charge is 0.491 e. The van der Waals surface area contributed by atoms with Crippen molar-refractivity contribution in [3.05, 3.63) is 60.3 Å². The molecule has 3 rings (SSSR count). The number of ether oxygens (including phenoxy) is 1. The maximum Gasteiger partial charge on any atom is 0.491 e. The van der Waals surface area contributed by atoms with Crippen LogP contribution >= 0.6 is 0 Å². The molecule has 9 heteroatoms. The molecule has 0 amide bonds. The summed E-state index contributed by atoms with van der Waals surface area (Å²) in [6.07, 6.45) is -5.06. The van der Waals surface area contributed by atoms with E-state index in [-0.39, 0.29) is 11.7 Å². The lowest BCUT2D eigenvalue weighted by Gasteiger charge is -2.11. The van der Waals surface area contributed by atoms with Crippen molar-refractivity contribution in [2.45, 2.75) is 13.1 Å². The van der Waals surface area contributed by atoms with Crippen LogP contribution in [-0.2, 0) is 4.79 Å². The topological polar surface area (TPSA) is 90.1 Å². The molecule has 0 spiro atoms. The summed E-state index contributed by atoms with van der Waals surface area (Å²) in [6.45, 7) is 1.79. The SMILES string of the molecule is Cc1cc(Nc2cccc(-c3cccc(OC(=O)C(F)(F)F)c3)c2)nc(N)n1. The van der Waals surface area contributed by atoms with Crippen molar-refractivity contribution >= 4 is 23.4 Å². The molecule has 28 heavy (non-hydrogen) atoms. The number of hydrogen-bond donors (Lipinski definition) is 2. The first-order valence-corrected chi connectivity index (χ1v) is 8.08. The van der Waals surface area contributed by atoms with Crippen LogP contribution in [-0.4, -0.2) is 22.1 Å².